The molecule has 5 heteroatoms. The van der Waals surface area contributed by atoms with Crippen LogP contribution in [0.25, 0.3) is 0 Å². The number of nitrogens with zero attached hydrogens (tertiary/aromatic N) is 1. The maximum absolute atomic E-state index is 11.2. The van der Waals surface area contributed by atoms with E-state index in [4.69, 9.17) is 11.1 Å². The molecule has 0 fully saturated rings. The van der Waals surface area contributed by atoms with Crippen molar-refractivity contribution in [2.24, 2.45) is 5.73 Å². The predicted molar refractivity (Wildman–Crippen MR) is 48.2 cm³/mol. The summed E-state index contributed by atoms with van der Waals surface area (Å²) in [6, 6.07) is -0.605. The Bertz CT molecular complexity index is 180. The van der Waals surface area contributed by atoms with E-state index in [1.54, 1.807) is 14.0 Å². The molecule has 0 bridgehead atoms. The van der Waals surface area contributed by atoms with Gasteiger partial charge in [0.05, 0.1) is 6.04 Å². The number of rotatable bonds is 3. The van der Waals surface area contributed by atoms with Gasteiger partial charge in [0.2, 0.25) is 0 Å². The number of nitrogens with two attached hydrogens (primary N) is 1. The zero-order valence-corrected chi connectivity index (χ0v) is 7.72. The average Bonchev–Trinajstić information content (AvgIpc) is 2.02. The van der Waals surface area contributed by atoms with Crippen molar-refractivity contribution in [1.29, 1.82) is 5.41 Å². The fourth-order valence-corrected chi connectivity index (χ4v) is 0.517. The molecule has 70 valence electrons. The van der Waals surface area contributed by atoms with Crippen LogP contribution in [0.3, 0.4) is 0 Å². The van der Waals surface area contributed by atoms with E-state index < -0.39 is 6.04 Å². The Morgan fingerprint density at radius 3 is 2.58 bits per heavy atom. The van der Waals surface area contributed by atoms with Crippen molar-refractivity contribution in [2.45, 2.75) is 19.9 Å². The number of amides is 2. The molecule has 12 heavy (non-hydrogen) atoms. The fraction of sp³-hybridized carbons (Fsp3) is 0.714. The summed E-state index contributed by atoms with van der Waals surface area (Å²) in [5, 5.41) is 9.60. The Morgan fingerprint density at radius 2 is 2.25 bits per heavy atom. The van der Waals surface area contributed by atoms with Gasteiger partial charge in [-0.2, -0.15) is 0 Å². The Balaban J connectivity index is 3.92. The molecule has 0 aromatic carbocycles. The molecule has 1 atom stereocenters. The summed E-state index contributed by atoms with van der Waals surface area (Å²) >= 11 is 0. The minimum atomic E-state index is -0.397. The van der Waals surface area contributed by atoms with Crippen LogP contribution in [0.4, 0.5) is 4.79 Å². The molecule has 0 aliphatic carbocycles. The maximum atomic E-state index is 11.2. The Hall–Kier alpha value is -1.26. The van der Waals surface area contributed by atoms with Crippen molar-refractivity contribution >= 4 is 11.9 Å². The second-order valence-electron chi connectivity index (χ2n) is 2.64. The quantitative estimate of drug-likeness (QED) is 0.413. The van der Waals surface area contributed by atoms with Gasteiger partial charge in [-0.3, -0.25) is 5.41 Å². The van der Waals surface area contributed by atoms with Crippen LogP contribution in [0.1, 0.15) is 13.8 Å². The molecule has 0 aromatic heterocycles. The van der Waals surface area contributed by atoms with Crippen LogP contribution in [-0.4, -0.2) is 36.4 Å². The second-order valence-corrected chi connectivity index (χ2v) is 2.64. The van der Waals surface area contributed by atoms with Crippen LogP contribution in [0.15, 0.2) is 0 Å². The van der Waals surface area contributed by atoms with E-state index in [-0.39, 0.29) is 11.9 Å². The molecule has 0 radical (unpaired) electrons. The minimum absolute atomic E-state index is 0.0344. The Kier molecular flexibility index (Phi) is 4.10. The van der Waals surface area contributed by atoms with Gasteiger partial charge in [-0.15, -0.1) is 0 Å². The summed E-state index contributed by atoms with van der Waals surface area (Å²) in [6.45, 7) is 4.18. The van der Waals surface area contributed by atoms with Crippen molar-refractivity contribution < 1.29 is 4.79 Å². The fourth-order valence-electron chi connectivity index (χ4n) is 0.517. The summed E-state index contributed by atoms with van der Waals surface area (Å²) in [5.41, 5.74) is 5.18. The van der Waals surface area contributed by atoms with Crippen LogP contribution in [-0.2, 0) is 0 Å². The topological polar surface area (TPSA) is 82.2 Å². The predicted octanol–water partition coefficient (Wildman–Crippen LogP) is -0.0278. The molecule has 0 saturated heterocycles. The highest BCUT2D eigenvalue weighted by Crippen LogP contribution is 1.86. The van der Waals surface area contributed by atoms with Crippen molar-refractivity contribution in [3.8, 4) is 0 Å². The molecular formula is C7H16N4O. The van der Waals surface area contributed by atoms with Gasteiger partial charge < -0.3 is 16.0 Å². The van der Waals surface area contributed by atoms with Crippen LogP contribution in [0.5, 0.6) is 0 Å². The summed E-state index contributed by atoms with van der Waals surface area (Å²) in [4.78, 5) is 12.7. The molecule has 1 unspecified atom stereocenters. The average molecular weight is 172 g/mol. The van der Waals surface area contributed by atoms with Crippen molar-refractivity contribution in [2.75, 3.05) is 13.6 Å². The smallest absolute Gasteiger partial charge is 0.317 e. The van der Waals surface area contributed by atoms with E-state index >= 15 is 0 Å². The molecule has 5 nitrogen and oxygen atoms in total. The van der Waals surface area contributed by atoms with Gasteiger partial charge in [0.25, 0.3) is 0 Å². The molecule has 0 heterocycles. The monoisotopic (exact) mass is 172 g/mol. The van der Waals surface area contributed by atoms with Gasteiger partial charge in [0, 0.05) is 13.6 Å². The lowest BCUT2D eigenvalue weighted by Crippen LogP contribution is -2.47. The van der Waals surface area contributed by atoms with E-state index in [0.29, 0.717) is 6.54 Å². The third-order valence-electron chi connectivity index (χ3n) is 1.63. The first kappa shape index (κ1) is 10.7. The van der Waals surface area contributed by atoms with Crippen molar-refractivity contribution in [1.82, 2.24) is 10.2 Å². The van der Waals surface area contributed by atoms with E-state index in [1.807, 2.05) is 6.92 Å². The second kappa shape index (κ2) is 4.58. The number of amidine groups is 1. The van der Waals surface area contributed by atoms with Crippen LogP contribution >= 0.6 is 0 Å². The number of carbonyl (C=O) groups excluding carboxylic acids is 1. The molecular weight excluding hydrogens is 156 g/mol. The molecule has 0 aromatic rings. The van der Waals surface area contributed by atoms with Crippen LogP contribution in [0.2, 0.25) is 0 Å². The van der Waals surface area contributed by atoms with Gasteiger partial charge in [0.15, 0.2) is 0 Å². The lowest BCUT2D eigenvalue weighted by atomic mass is 10.3. The van der Waals surface area contributed by atoms with Gasteiger partial charge in [0.1, 0.15) is 5.84 Å². The number of hydrogen-bond acceptors (Lipinski definition) is 2. The van der Waals surface area contributed by atoms with Crippen molar-refractivity contribution in [3.05, 3.63) is 0 Å². The number of urea groups is 1. The van der Waals surface area contributed by atoms with Gasteiger partial charge >= 0.3 is 6.03 Å². The summed E-state index contributed by atoms with van der Waals surface area (Å²) in [6.07, 6.45) is 0. The maximum Gasteiger partial charge on any atom is 0.317 e. The zero-order chi connectivity index (χ0) is 9.72. The largest absolute Gasteiger partial charge is 0.386 e. The normalized spacial score (nSPS) is 11.9. The molecule has 4 N–H and O–H groups in total. The number of carbonyl (C=O) groups is 1. The SMILES string of the molecule is CCN(C)C(=O)NC(C)C(=N)N. The summed E-state index contributed by atoms with van der Waals surface area (Å²) < 4.78 is 0. The highest BCUT2D eigenvalue weighted by atomic mass is 16.2. The van der Waals surface area contributed by atoms with Crippen molar-refractivity contribution in [3.63, 3.8) is 0 Å². The van der Waals surface area contributed by atoms with Gasteiger partial charge in [-0.1, -0.05) is 0 Å². The molecule has 2 amide bonds. The zero-order valence-electron chi connectivity index (χ0n) is 7.72. The third-order valence-corrected chi connectivity index (χ3v) is 1.63. The van der Waals surface area contributed by atoms with E-state index in [9.17, 15) is 4.79 Å². The highest BCUT2D eigenvalue weighted by Gasteiger charge is 2.11. The van der Waals surface area contributed by atoms with E-state index in [1.165, 1.54) is 4.90 Å². The molecule has 0 rings (SSSR count). The third kappa shape index (κ3) is 3.23. The van der Waals surface area contributed by atoms with Gasteiger partial charge in [-0.05, 0) is 13.8 Å². The summed E-state index contributed by atoms with van der Waals surface area (Å²) in [7, 11) is 1.68. The van der Waals surface area contributed by atoms with E-state index in [0.717, 1.165) is 0 Å². The Labute approximate surface area is 72.4 Å². The molecule has 0 aliphatic rings. The highest BCUT2D eigenvalue weighted by molar-refractivity contribution is 5.87. The first-order valence-electron chi connectivity index (χ1n) is 3.84. The lowest BCUT2D eigenvalue weighted by molar-refractivity contribution is 0.210. The van der Waals surface area contributed by atoms with E-state index in [2.05, 4.69) is 5.32 Å². The number of hydrogen-bond donors (Lipinski definition) is 3. The Morgan fingerprint density at radius 1 is 1.75 bits per heavy atom. The van der Waals surface area contributed by atoms with Crippen LogP contribution < -0.4 is 11.1 Å². The summed E-state index contributed by atoms with van der Waals surface area (Å²) in [5.74, 6) is -0.0344. The number of nitrogens with one attached hydrogen (secondary N) is 2. The minimum Gasteiger partial charge on any atom is -0.386 e. The molecule has 0 saturated carbocycles. The molecule has 0 spiro atoms. The van der Waals surface area contributed by atoms with Crippen LogP contribution in [0, 0.1) is 5.41 Å². The lowest BCUT2D eigenvalue weighted by Gasteiger charge is -2.18. The standard InChI is InChI=1S/C7H16N4O/c1-4-11(3)7(12)10-5(2)6(8)9/h5H,4H2,1-3H3,(H3,8,9)(H,10,12). The first-order valence-corrected chi connectivity index (χ1v) is 3.84. The first-order chi connectivity index (χ1) is 5.49. The molecule has 0 aliphatic heterocycles. The van der Waals surface area contributed by atoms with Gasteiger partial charge in [-0.25, -0.2) is 4.79 Å².